The van der Waals surface area contributed by atoms with Gasteiger partial charge in [-0.3, -0.25) is 9.80 Å². The van der Waals surface area contributed by atoms with E-state index in [-0.39, 0.29) is 18.5 Å². The molecule has 0 aliphatic carbocycles. The van der Waals surface area contributed by atoms with Crippen LogP contribution in [0.15, 0.2) is 39.6 Å². The number of amidine groups is 1. The molecule has 6 heteroatoms. The normalized spacial score (nSPS) is 18.2. The Labute approximate surface area is 111 Å². The third kappa shape index (κ3) is 3.15. The number of Topliss-reactive ketones (excluding diaryl/α,β-unsaturated/α-hetero) is 1. The van der Waals surface area contributed by atoms with E-state index in [2.05, 4.69) is 15.3 Å². The number of nitrogens with zero attached hydrogens (tertiary/aromatic N) is 4. The average Bonchev–Trinajstić information content (AvgIpc) is 2.41. The summed E-state index contributed by atoms with van der Waals surface area (Å²) in [6.07, 6.45) is -0.217. The maximum Gasteiger partial charge on any atom is 0.200 e. The molecule has 1 aliphatic rings. The maximum atomic E-state index is 11.2. The van der Waals surface area contributed by atoms with Crippen molar-refractivity contribution in [2.75, 3.05) is 13.7 Å². The van der Waals surface area contributed by atoms with Crippen molar-refractivity contribution in [1.82, 2.24) is 5.01 Å². The van der Waals surface area contributed by atoms with Crippen LogP contribution in [0.25, 0.3) is 0 Å². The van der Waals surface area contributed by atoms with Crippen molar-refractivity contribution in [3.8, 4) is 5.75 Å². The molecule has 1 aliphatic heterocycles. The van der Waals surface area contributed by atoms with Crippen LogP contribution in [0.5, 0.6) is 5.75 Å². The van der Waals surface area contributed by atoms with Crippen molar-refractivity contribution >= 4 is 11.6 Å². The predicted octanol–water partition coefficient (Wildman–Crippen LogP) is 2.06. The summed E-state index contributed by atoms with van der Waals surface area (Å²) in [6, 6.07) is 7.39. The van der Waals surface area contributed by atoms with E-state index in [1.165, 1.54) is 6.92 Å². The van der Waals surface area contributed by atoms with Gasteiger partial charge in [-0.1, -0.05) is 0 Å². The number of carbonyl (C=O) groups is 1. The summed E-state index contributed by atoms with van der Waals surface area (Å²) in [5.74, 6) is 1.31. The molecule has 1 atom stereocenters. The van der Waals surface area contributed by atoms with Crippen molar-refractivity contribution in [2.24, 2.45) is 15.3 Å². The van der Waals surface area contributed by atoms with Gasteiger partial charge in [0.1, 0.15) is 5.75 Å². The average molecular weight is 260 g/mol. The zero-order valence-corrected chi connectivity index (χ0v) is 11.2. The first kappa shape index (κ1) is 13.2. The van der Waals surface area contributed by atoms with Crippen molar-refractivity contribution < 1.29 is 9.53 Å². The summed E-state index contributed by atoms with van der Waals surface area (Å²) in [6.45, 7) is 3.61. The molecule has 0 saturated carbocycles. The molecule has 1 heterocycles. The highest BCUT2D eigenvalue weighted by atomic mass is 16.5. The minimum atomic E-state index is -0.217. The van der Waals surface area contributed by atoms with Crippen LogP contribution in [-0.2, 0) is 4.79 Å². The van der Waals surface area contributed by atoms with Crippen LogP contribution < -0.4 is 4.74 Å². The summed E-state index contributed by atoms with van der Waals surface area (Å²) in [7, 11) is 1.61. The van der Waals surface area contributed by atoms with Gasteiger partial charge in [0, 0.05) is 5.56 Å². The van der Waals surface area contributed by atoms with Crippen molar-refractivity contribution in [3.63, 3.8) is 0 Å². The predicted molar refractivity (Wildman–Crippen MR) is 71.2 cm³/mol. The number of rotatable bonds is 4. The molecule has 0 bridgehead atoms. The highest BCUT2D eigenvalue weighted by Crippen LogP contribution is 2.17. The van der Waals surface area contributed by atoms with Gasteiger partial charge >= 0.3 is 0 Å². The van der Waals surface area contributed by atoms with Crippen molar-refractivity contribution in [3.05, 3.63) is 29.8 Å². The minimum absolute atomic E-state index is 0.0433. The number of azo groups is 1. The SMILES string of the molecule is COc1ccc(C2=NN(CC(C)=O)C(C)N=N2)cc1. The summed E-state index contributed by atoms with van der Waals surface area (Å²) < 4.78 is 5.10. The van der Waals surface area contributed by atoms with E-state index < -0.39 is 0 Å². The molecule has 0 N–H and O–H groups in total. The Morgan fingerprint density at radius 2 is 2.05 bits per heavy atom. The van der Waals surface area contributed by atoms with E-state index in [0.717, 1.165) is 11.3 Å². The molecule has 0 radical (unpaired) electrons. The summed E-state index contributed by atoms with van der Waals surface area (Å²) in [4.78, 5) is 11.2. The number of carbonyl (C=O) groups excluding carboxylic acids is 1. The molecular formula is C13H16N4O2. The lowest BCUT2D eigenvalue weighted by Crippen LogP contribution is -2.34. The Balaban J connectivity index is 2.22. The number of methoxy groups -OCH3 is 1. The van der Waals surface area contributed by atoms with Gasteiger partial charge in [0.25, 0.3) is 0 Å². The van der Waals surface area contributed by atoms with Gasteiger partial charge in [0.2, 0.25) is 5.84 Å². The molecule has 0 aromatic heterocycles. The zero-order valence-electron chi connectivity index (χ0n) is 11.2. The van der Waals surface area contributed by atoms with Gasteiger partial charge in [0.05, 0.1) is 13.7 Å². The molecule has 0 saturated heterocycles. The molecular weight excluding hydrogens is 244 g/mol. The van der Waals surface area contributed by atoms with Crippen LogP contribution in [0, 0.1) is 0 Å². The molecule has 0 amide bonds. The molecule has 1 unspecified atom stereocenters. The third-order valence-corrected chi connectivity index (χ3v) is 2.71. The maximum absolute atomic E-state index is 11.2. The Kier molecular flexibility index (Phi) is 3.89. The number of ketones is 1. The molecule has 1 aromatic carbocycles. The van der Waals surface area contributed by atoms with Gasteiger partial charge in [-0.2, -0.15) is 10.2 Å². The topological polar surface area (TPSA) is 66.6 Å². The van der Waals surface area contributed by atoms with Crippen molar-refractivity contribution in [2.45, 2.75) is 20.0 Å². The Hall–Kier alpha value is -2.24. The van der Waals surface area contributed by atoms with Gasteiger partial charge < -0.3 is 4.74 Å². The third-order valence-electron chi connectivity index (χ3n) is 2.71. The van der Waals surface area contributed by atoms with Gasteiger partial charge in [0.15, 0.2) is 11.9 Å². The lowest BCUT2D eigenvalue weighted by Gasteiger charge is -2.24. The van der Waals surface area contributed by atoms with Crippen LogP contribution in [0.3, 0.4) is 0 Å². The molecule has 1 aromatic rings. The number of hydrazone groups is 1. The second-order valence-corrected chi connectivity index (χ2v) is 4.30. The van der Waals surface area contributed by atoms with Crippen LogP contribution >= 0.6 is 0 Å². The second-order valence-electron chi connectivity index (χ2n) is 4.30. The van der Waals surface area contributed by atoms with E-state index in [0.29, 0.717) is 5.84 Å². The fourth-order valence-corrected chi connectivity index (χ4v) is 1.67. The van der Waals surface area contributed by atoms with Crippen LogP contribution in [0.4, 0.5) is 0 Å². The van der Waals surface area contributed by atoms with Crippen LogP contribution in [-0.4, -0.2) is 36.4 Å². The van der Waals surface area contributed by atoms with E-state index in [4.69, 9.17) is 4.74 Å². The molecule has 19 heavy (non-hydrogen) atoms. The molecule has 100 valence electrons. The fourth-order valence-electron chi connectivity index (χ4n) is 1.67. The summed E-state index contributed by atoms with van der Waals surface area (Å²) >= 11 is 0. The van der Waals surface area contributed by atoms with Crippen molar-refractivity contribution in [1.29, 1.82) is 0 Å². The van der Waals surface area contributed by atoms with Crippen LogP contribution in [0.2, 0.25) is 0 Å². The first-order chi connectivity index (χ1) is 9.10. The van der Waals surface area contributed by atoms with E-state index >= 15 is 0 Å². The highest BCUT2D eigenvalue weighted by Gasteiger charge is 2.19. The second kappa shape index (κ2) is 5.60. The summed E-state index contributed by atoms with van der Waals surface area (Å²) in [5.41, 5.74) is 0.838. The minimum Gasteiger partial charge on any atom is -0.497 e. The number of ether oxygens (including phenoxy) is 1. The molecule has 0 spiro atoms. The Morgan fingerprint density at radius 3 is 2.63 bits per heavy atom. The highest BCUT2D eigenvalue weighted by molar-refractivity contribution is 5.99. The number of hydrogen-bond acceptors (Lipinski definition) is 6. The van der Waals surface area contributed by atoms with Gasteiger partial charge in [-0.15, -0.1) is 5.11 Å². The lowest BCUT2D eigenvalue weighted by atomic mass is 10.2. The van der Waals surface area contributed by atoms with E-state index in [1.54, 1.807) is 12.1 Å². The largest absolute Gasteiger partial charge is 0.497 e. The quantitative estimate of drug-likeness (QED) is 0.832. The van der Waals surface area contributed by atoms with Crippen LogP contribution in [0.1, 0.15) is 19.4 Å². The fraction of sp³-hybridized carbons (Fsp3) is 0.385. The lowest BCUT2D eigenvalue weighted by molar-refractivity contribution is -0.118. The van der Waals surface area contributed by atoms with Gasteiger partial charge in [-0.25, -0.2) is 0 Å². The molecule has 0 fully saturated rings. The molecule has 2 rings (SSSR count). The molecule has 6 nitrogen and oxygen atoms in total. The number of hydrogen-bond donors (Lipinski definition) is 0. The monoisotopic (exact) mass is 260 g/mol. The Morgan fingerprint density at radius 1 is 1.37 bits per heavy atom. The van der Waals surface area contributed by atoms with E-state index in [1.807, 2.05) is 31.2 Å². The zero-order chi connectivity index (χ0) is 13.8. The first-order valence-corrected chi connectivity index (χ1v) is 6.00. The number of benzene rings is 1. The van der Waals surface area contributed by atoms with E-state index in [9.17, 15) is 4.79 Å². The van der Waals surface area contributed by atoms with Gasteiger partial charge in [-0.05, 0) is 38.1 Å². The summed E-state index contributed by atoms with van der Waals surface area (Å²) in [5, 5.41) is 14.2. The first-order valence-electron chi connectivity index (χ1n) is 6.00. The standard InChI is InChI=1S/C13H16N4O2/c1-9(18)8-17-10(2)14-15-13(16-17)11-4-6-12(19-3)7-5-11/h4-7,10H,8H2,1-3H3. The smallest absolute Gasteiger partial charge is 0.200 e. The Bertz CT molecular complexity index is 522.